The third-order valence-corrected chi connectivity index (χ3v) is 2.67. The van der Waals surface area contributed by atoms with Crippen molar-refractivity contribution in [1.29, 1.82) is 0 Å². The molecule has 13 heavy (non-hydrogen) atoms. The molecular formula is C10H20N2O. The number of nitrogens with one attached hydrogen (secondary N) is 1. The average molecular weight is 184 g/mol. The summed E-state index contributed by atoms with van der Waals surface area (Å²) in [5.41, 5.74) is 5.32. The van der Waals surface area contributed by atoms with Crippen LogP contribution in [0.3, 0.4) is 0 Å². The van der Waals surface area contributed by atoms with Crippen molar-refractivity contribution in [3.63, 3.8) is 0 Å². The van der Waals surface area contributed by atoms with Crippen LogP contribution in [0.4, 0.5) is 0 Å². The Labute approximate surface area is 80.1 Å². The van der Waals surface area contributed by atoms with E-state index in [-0.39, 0.29) is 5.91 Å². The predicted molar refractivity (Wildman–Crippen MR) is 53.3 cm³/mol. The van der Waals surface area contributed by atoms with E-state index in [0.717, 1.165) is 18.9 Å². The molecule has 0 aromatic rings. The van der Waals surface area contributed by atoms with Gasteiger partial charge >= 0.3 is 0 Å². The summed E-state index contributed by atoms with van der Waals surface area (Å²) >= 11 is 0. The molecule has 0 atom stereocenters. The lowest BCUT2D eigenvalue weighted by molar-refractivity contribution is -0.121. The molecular weight excluding hydrogens is 164 g/mol. The van der Waals surface area contributed by atoms with Crippen molar-refractivity contribution in [1.82, 2.24) is 5.32 Å². The first-order chi connectivity index (χ1) is 6.33. The van der Waals surface area contributed by atoms with Gasteiger partial charge in [-0.1, -0.05) is 12.8 Å². The highest BCUT2D eigenvalue weighted by atomic mass is 16.1. The number of rotatable bonds is 5. The molecule has 3 N–H and O–H groups in total. The Morgan fingerprint density at radius 3 is 2.69 bits per heavy atom. The predicted octanol–water partition coefficient (Wildman–Crippen LogP) is 1.03. The Bertz CT molecular complexity index is 153. The molecule has 0 heterocycles. The van der Waals surface area contributed by atoms with E-state index in [1.165, 1.54) is 25.7 Å². The largest absolute Gasteiger partial charge is 0.356 e. The highest BCUT2D eigenvalue weighted by molar-refractivity contribution is 5.75. The summed E-state index contributed by atoms with van der Waals surface area (Å²) in [7, 11) is 0. The number of hydrogen-bond donors (Lipinski definition) is 2. The molecule has 0 aromatic heterocycles. The van der Waals surface area contributed by atoms with Crippen LogP contribution in [0.25, 0.3) is 0 Å². The summed E-state index contributed by atoms with van der Waals surface area (Å²) in [6.45, 7) is 1.49. The first kappa shape index (κ1) is 10.5. The van der Waals surface area contributed by atoms with Crippen molar-refractivity contribution in [2.75, 3.05) is 13.1 Å². The highest BCUT2D eigenvalue weighted by Crippen LogP contribution is 2.23. The van der Waals surface area contributed by atoms with Gasteiger partial charge in [-0.2, -0.15) is 0 Å². The molecule has 0 radical (unpaired) electrons. The van der Waals surface area contributed by atoms with Crippen molar-refractivity contribution < 1.29 is 4.79 Å². The third kappa shape index (κ3) is 4.27. The Kier molecular flexibility index (Phi) is 4.83. The van der Waals surface area contributed by atoms with Gasteiger partial charge < -0.3 is 11.1 Å². The van der Waals surface area contributed by atoms with Crippen LogP contribution >= 0.6 is 0 Å². The van der Waals surface area contributed by atoms with E-state index in [1.807, 2.05) is 0 Å². The van der Waals surface area contributed by atoms with Gasteiger partial charge in [0, 0.05) is 13.0 Å². The van der Waals surface area contributed by atoms with Crippen LogP contribution in [-0.2, 0) is 4.79 Å². The normalized spacial score (nSPS) is 17.6. The van der Waals surface area contributed by atoms with Gasteiger partial charge in [-0.15, -0.1) is 0 Å². The monoisotopic (exact) mass is 184 g/mol. The van der Waals surface area contributed by atoms with Crippen LogP contribution in [-0.4, -0.2) is 19.0 Å². The Morgan fingerprint density at radius 2 is 2.08 bits per heavy atom. The lowest BCUT2D eigenvalue weighted by atomic mass is 10.1. The van der Waals surface area contributed by atoms with E-state index in [9.17, 15) is 4.79 Å². The zero-order valence-corrected chi connectivity index (χ0v) is 8.22. The van der Waals surface area contributed by atoms with Crippen LogP contribution in [0, 0.1) is 5.92 Å². The van der Waals surface area contributed by atoms with Crippen molar-refractivity contribution in [2.24, 2.45) is 11.7 Å². The molecule has 0 unspecified atom stereocenters. The standard InChI is InChI=1S/C10H20N2O/c11-7-3-6-10(13)12-8-9-4-1-2-5-9/h9H,1-8,11H2,(H,12,13). The van der Waals surface area contributed by atoms with E-state index < -0.39 is 0 Å². The van der Waals surface area contributed by atoms with Crippen LogP contribution in [0.15, 0.2) is 0 Å². The highest BCUT2D eigenvalue weighted by Gasteiger charge is 2.15. The number of hydrogen-bond acceptors (Lipinski definition) is 2. The average Bonchev–Trinajstić information content (AvgIpc) is 2.64. The summed E-state index contributed by atoms with van der Waals surface area (Å²) in [6, 6.07) is 0. The minimum atomic E-state index is 0.164. The number of carbonyl (C=O) groups is 1. The molecule has 0 saturated heterocycles. The fourth-order valence-electron chi connectivity index (χ4n) is 1.82. The second-order valence-electron chi connectivity index (χ2n) is 3.85. The van der Waals surface area contributed by atoms with Crippen molar-refractivity contribution in [2.45, 2.75) is 38.5 Å². The molecule has 3 heteroatoms. The van der Waals surface area contributed by atoms with Crippen LogP contribution in [0.2, 0.25) is 0 Å². The topological polar surface area (TPSA) is 55.1 Å². The van der Waals surface area contributed by atoms with E-state index in [0.29, 0.717) is 13.0 Å². The second kappa shape index (κ2) is 5.97. The van der Waals surface area contributed by atoms with Gasteiger partial charge in [-0.05, 0) is 31.7 Å². The SMILES string of the molecule is NCCCC(=O)NCC1CCCC1. The summed E-state index contributed by atoms with van der Waals surface area (Å²) in [5, 5.41) is 2.96. The quantitative estimate of drug-likeness (QED) is 0.670. The van der Waals surface area contributed by atoms with Crippen molar-refractivity contribution >= 4 is 5.91 Å². The molecule has 76 valence electrons. The van der Waals surface area contributed by atoms with E-state index >= 15 is 0 Å². The lowest BCUT2D eigenvalue weighted by Crippen LogP contribution is -2.28. The van der Waals surface area contributed by atoms with Crippen molar-refractivity contribution in [3.8, 4) is 0 Å². The molecule has 1 amide bonds. The van der Waals surface area contributed by atoms with Gasteiger partial charge in [0.2, 0.25) is 5.91 Å². The Hall–Kier alpha value is -0.570. The summed E-state index contributed by atoms with van der Waals surface area (Å²) in [5.74, 6) is 0.902. The molecule has 0 aromatic carbocycles. The van der Waals surface area contributed by atoms with Gasteiger partial charge in [-0.3, -0.25) is 4.79 Å². The fraction of sp³-hybridized carbons (Fsp3) is 0.900. The van der Waals surface area contributed by atoms with Crippen LogP contribution in [0.1, 0.15) is 38.5 Å². The smallest absolute Gasteiger partial charge is 0.220 e. The van der Waals surface area contributed by atoms with Gasteiger partial charge in [0.1, 0.15) is 0 Å². The first-order valence-corrected chi connectivity index (χ1v) is 5.29. The number of carbonyl (C=O) groups excluding carboxylic acids is 1. The molecule has 0 spiro atoms. The van der Waals surface area contributed by atoms with Gasteiger partial charge in [0.05, 0.1) is 0 Å². The maximum Gasteiger partial charge on any atom is 0.220 e. The maximum atomic E-state index is 11.2. The molecule has 0 aliphatic heterocycles. The third-order valence-electron chi connectivity index (χ3n) is 2.67. The summed E-state index contributed by atoms with van der Waals surface area (Å²) in [4.78, 5) is 11.2. The Balaban J connectivity index is 2.00. The van der Waals surface area contributed by atoms with Gasteiger partial charge in [-0.25, -0.2) is 0 Å². The summed E-state index contributed by atoms with van der Waals surface area (Å²) < 4.78 is 0. The van der Waals surface area contributed by atoms with Crippen molar-refractivity contribution in [3.05, 3.63) is 0 Å². The molecule has 1 saturated carbocycles. The zero-order valence-electron chi connectivity index (χ0n) is 8.22. The van der Waals surface area contributed by atoms with E-state index in [1.54, 1.807) is 0 Å². The van der Waals surface area contributed by atoms with Gasteiger partial charge in [0.15, 0.2) is 0 Å². The first-order valence-electron chi connectivity index (χ1n) is 5.29. The lowest BCUT2D eigenvalue weighted by Gasteiger charge is -2.09. The molecule has 1 aliphatic carbocycles. The second-order valence-corrected chi connectivity index (χ2v) is 3.85. The molecule has 1 fully saturated rings. The minimum absolute atomic E-state index is 0.164. The Morgan fingerprint density at radius 1 is 1.38 bits per heavy atom. The minimum Gasteiger partial charge on any atom is -0.356 e. The molecule has 0 bridgehead atoms. The zero-order chi connectivity index (χ0) is 9.52. The molecule has 1 aliphatic rings. The van der Waals surface area contributed by atoms with E-state index in [2.05, 4.69) is 5.32 Å². The number of nitrogens with two attached hydrogens (primary N) is 1. The van der Waals surface area contributed by atoms with Gasteiger partial charge in [0.25, 0.3) is 0 Å². The van der Waals surface area contributed by atoms with E-state index in [4.69, 9.17) is 5.73 Å². The fourth-order valence-corrected chi connectivity index (χ4v) is 1.82. The maximum absolute atomic E-state index is 11.2. The summed E-state index contributed by atoms with van der Waals surface area (Å²) in [6.07, 6.45) is 6.64. The molecule has 3 nitrogen and oxygen atoms in total. The van der Waals surface area contributed by atoms with Crippen LogP contribution in [0.5, 0.6) is 0 Å². The van der Waals surface area contributed by atoms with Crippen LogP contribution < -0.4 is 11.1 Å². The number of amides is 1. The molecule has 1 rings (SSSR count).